The number of carbonyl (C=O) groups excluding carboxylic acids is 2. The Morgan fingerprint density at radius 1 is 0.907 bits per heavy atom. The van der Waals surface area contributed by atoms with Gasteiger partial charge in [-0.3, -0.25) is 15.3 Å². The van der Waals surface area contributed by atoms with Crippen LogP contribution in [0.5, 0.6) is 0 Å². The Kier molecular flexibility index (Phi) is 8.81. The van der Waals surface area contributed by atoms with E-state index in [1.54, 1.807) is 32.9 Å². The Labute approximate surface area is 250 Å². The van der Waals surface area contributed by atoms with Crippen LogP contribution in [0, 0.1) is 0 Å². The number of hydrogen-bond acceptors (Lipinski definition) is 10. The van der Waals surface area contributed by atoms with Crippen LogP contribution in [0.4, 0.5) is 5.69 Å². The highest BCUT2D eigenvalue weighted by Gasteiger charge is 2.42. The van der Waals surface area contributed by atoms with Gasteiger partial charge >= 0.3 is 11.9 Å². The first-order valence-electron chi connectivity index (χ1n) is 14.1. The number of likely N-dealkylation sites (tertiary alicyclic amines) is 1. The first-order valence-corrected chi connectivity index (χ1v) is 14.1. The van der Waals surface area contributed by atoms with Crippen LogP contribution < -0.4 is 16.3 Å². The van der Waals surface area contributed by atoms with Crippen LogP contribution >= 0.6 is 0 Å². The van der Waals surface area contributed by atoms with Crippen molar-refractivity contribution in [2.75, 3.05) is 18.3 Å². The zero-order valence-corrected chi connectivity index (χ0v) is 24.3. The van der Waals surface area contributed by atoms with Crippen molar-refractivity contribution in [2.24, 2.45) is 5.73 Å². The maximum absolute atomic E-state index is 13.8. The summed E-state index contributed by atoms with van der Waals surface area (Å²) in [6.45, 7) is 6.14. The molecule has 0 aliphatic carbocycles. The number of benzene rings is 3. The fraction of sp³-hybridized carbons (Fsp3) is 0.273. The molecule has 1 fully saturated rings. The second kappa shape index (κ2) is 12.7. The standard InChI is InChI=1S/C33H36N4O6/c1-20(2)42-32(38)27-21(3)35-31(34)29(28(27)24-15-10-16-25(17-24)37(40)41)33(39)43-26-18-36(19-26)30(22-11-6-4-7-12-22)23-13-8-5-9-14-23/h4-17,20,26,28,30,35,40-41H,18-19,34H2,1-3H3. The molecule has 5 N–H and O–H groups in total. The summed E-state index contributed by atoms with van der Waals surface area (Å²) in [5.74, 6) is -2.22. The molecular formula is C33H36N4O6. The number of nitrogens with one attached hydrogen (secondary N) is 1. The zero-order valence-electron chi connectivity index (χ0n) is 24.3. The van der Waals surface area contributed by atoms with Crippen molar-refractivity contribution >= 4 is 17.6 Å². The second-order valence-electron chi connectivity index (χ2n) is 11.0. The number of anilines is 1. The molecule has 0 amide bonds. The zero-order chi connectivity index (χ0) is 30.7. The van der Waals surface area contributed by atoms with E-state index in [0.29, 0.717) is 24.4 Å². The van der Waals surface area contributed by atoms with Crippen LogP contribution in [-0.4, -0.2) is 52.6 Å². The number of nitrogens with zero attached hydrogens (tertiary/aromatic N) is 2. The topological polar surface area (TPSA) is 138 Å². The molecule has 10 nitrogen and oxygen atoms in total. The predicted octanol–water partition coefficient (Wildman–Crippen LogP) is 4.37. The van der Waals surface area contributed by atoms with Crippen molar-refractivity contribution in [3.05, 3.63) is 124 Å². The quantitative estimate of drug-likeness (QED) is 0.212. The van der Waals surface area contributed by atoms with Gasteiger partial charge in [-0.1, -0.05) is 72.8 Å². The summed E-state index contributed by atoms with van der Waals surface area (Å²) < 4.78 is 11.5. The molecule has 43 heavy (non-hydrogen) atoms. The molecule has 224 valence electrons. The van der Waals surface area contributed by atoms with Gasteiger partial charge in [-0.25, -0.2) is 9.59 Å². The summed E-state index contributed by atoms with van der Waals surface area (Å²) in [6.07, 6.45) is -0.815. The minimum atomic E-state index is -0.975. The van der Waals surface area contributed by atoms with Crippen LogP contribution in [-0.2, 0) is 19.1 Å². The lowest BCUT2D eigenvalue weighted by molar-refractivity contribution is -0.154. The summed E-state index contributed by atoms with van der Waals surface area (Å²) in [7, 11) is 0. The number of allylic oxidation sites excluding steroid dienone is 1. The molecule has 1 unspecified atom stereocenters. The number of hydrogen-bond donors (Lipinski definition) is 4. The molecule has 0 spiro atoms. The predicted molar refractivity (Wildman–Crippen MR) is 160 cm³/mol. The van der Waals surface area contributed by atoms with Gasteiger partial charge in [-0.15, -0.1) is 5.23 Å². The van der Waals surface area contributed by atoms with Crippen LogP contribution in [0.15, 0.2) is 108 Å². The van der Waals surface area contributed by atoms with E-state index >= 15 is 0 Å². The Bertz CT molecular complexity index is 1490. The lowest BCUT2D eigenvalue weighted by Gasteiger charge is -2.44. The Hall–Kier alpha value is -4.64. The lowest BCUT2D eigenvalue weighted by Crippen LogP contribution is -2.54. The third kappa shape index (κ3) is 6.41. The third-order valence-corrected chi connectivity index (χ3v) is 7.56. The largest absolute Gasteiger partial charge is 0.460 e. The number of rotatable bonds is 9. The van der Waals surface area contributed by atoms with Crippen molar-refractivity contribution in [3.8, 4) is 0 Å². The fourth-order valence-corrected chi connectivity index (χ4v) is 5.65. The van der Waals surface area contributed by atoms with Crippen molar-refractivity contribution < 1.29 is 29.5 Å². The lowest BCUT2D eigenvalue weighted by atomic mass is 9.81. The molecule has 2 aliphatic rings. The minimum Gasteiger partial charge on any atom is -0.460 e. The molecule has 3 aromatic rings. The van der Waals surface area contributed by atoms with Crippen LogP contribution in [0.1, 0.15) is 49.4 Å². The van der Waals surface area contributed by atoms with Crippen LogP contribution in [0.3, 0.4) is 0 Å². The van der Waals surface area contributed by atoms with Crippen molar-refractivity contribution in [2.45, 2.75) is 44.9 Å². The smallest absolute Gasteiger partial charge is 0.339 e. The van der Waals surface area contributed by atoms with Crippen LogP contribution in [0.2, 0.25) is 0 Å². The molecule has 1 saturated heterocycles. The van der Waals surface area contributed by atoms with E-state index in [2.05, 4.69) is 34.5 Å². The van der Waals surface area contributed by atoms with Crippen molar-refractivity contribution in [1.29, 1.82) is 0 Å². The van der Waals surface area contributed by atoms with Gasteiger partial charge in [0.15, 0.2) is 0 Å². The first kappa shape index (κ1) is 29.8. The van der Waals surface area contributed by atoms with E-state index in [1.165, 1.54) is 12.1 Å². The maximum Gasteiger partial charge on any atom is 0.339 e. The van der Waals surface area contributed by atoms with Gasteiger partial charge in [0, 0.05) is 18.8 Å². The van der Waals surface area contributed by atoms with Gasteiger partial charge in [-0.05, 0) is 49.6 Å². The Balaban J connectivity index is 1.41. The monoisotopic (exact) mass is 584 g/mol. The number of dihydropyridines is 1. The average molecular weight is 585 g/mol. The van der Waals surface area contributed by atoms with Gasteiger partial charge in [0.2, 0.25) is 0 Å². The summed E-state index contributed by atoms with van der Waals surface area (Å²) in [5.41, 5.74) is 9.77. The number of esters is 2. The molecule has 0 bridgehead atoms. The molecule has 3 aromatic carbocycles. The number of nitrogens with two attached hydrogens (primary N) is 1. The van der Waals surface area contributed by atoms with E-state index in [1.807, 2.05) is 36.4 Å². The number of carbonyl (C=O) groups is 2. The highest BCUT2D eigenvalue weighted by atomic mass is 16.8. The van der Waals surface area contributed by atoms with Gasteiger partial charge < -0.3 is 20.5 Å². The van der Waals surface area contributed by atoms with E-state index in [0.717, 1.165) is 11.1 Å². The molecule has 1 atom stereocenters. The van der Waals surface area contributed by atoms with Crippen molar-refractivity contribution in [3.63, 3.8) is 0 Å². The second-order valence-corrected chi connectivity index (χ2v) is 11.0. The highest BCUT2D eigenvalue weighted by Crippen LogP contribution is 2.40. The molecule has 5 rings (SSSR count). The highest BCUT2D eigenvalue weighted by molar-refractivity contribution is 6.00. The average Bonchev–Trinajstić information content (AvgIpc) is 2.96. The molecule has 0 aromatic heterocycles. The van der Waals surface area contributed by atoms with Crippen LogP contribution in [0.25, 0.3) is 0 Å². The molecule has 2 heterocycles. The van der Waals surface area contributed by atoms with E-state index in [-0.39, 0.29) is 33.9 Å². The van der Waals surface area contributed by atoms with Gasteiger partial charge in [0.05, 0.1) is 34.9 Å². The molecule has 2 aliphatic heterocycles. The maximum atomic E-state index is 13.8. The fourth-order valence-electron chi connectivity index (χ4n) is 5.65. The summed E-state index contributed by atoms with van der Waals surface area (Å²) in [6, 6.07) is 26.5. The van der Waals surface area contributed by atoms with Gasteiger partial charge in [0.1, 0.15) is 11.9 Å². The normalized spacial score (nSPS) is 17.5. The number of ether oxygens (including phenoxy) is 2. The molecule has 10 heteroatoms. The van der Waals surface area contributed by atoms with E-state index in [9.17, 15) is 20.0 Å². The summed E-state index contributed by atoms with van der Waals surface area (Å²) in [5, 5.41) is 22.2. The summed E-state index contributed by atoms with van der Waals surface area (Å²) in [4.78, 5) is 29.4. The van der Waals surface area contributed by atoms with Gasteiger partial charge in [0.25, 0.3) is 0 Å². The SMILES string of the molecule is CC1=C(C(=O)OC(C)C)C(c2cccc(N(O)O)c2)C(C(=O)OC2CN(C(c3ccccc3)c3ccccc3)C2)=C(N)N1. The Morgan fingerprint density at radius 2 is 1.51 bits per heavy atom. The molecule has 0 radical (unpaired) electrons. The Morgan fingerprint density at radius 3 is 2.07 bits per heavy atom. The molecule has 0 saturated carbocycles. The summed E-state index contributed by atoms with van der Waals surface area (Å²) >= 11 is 0. The van der Waals surface area contributed by atoms with Crippen molar-refractivity contribution in [1.82, 2.24) is 10.2 Å². The van der Waals surface area contributed by atoms with E-state index in [4.69, 9.17) is 15.2 Å². The first-order chi connectivity index (χ1) is 20.6. The van der Waals surface area contributed by atoms with Gasteiger partial charge in [-0.2, -0.15) is 0 Å². The minimum absolute atomic E-state index is 0.00336. The van der Waals surface area contributed by atoms with E-state index < -0.39 is 30.1 Å². The third-order valence-electron chi connectivity index (χ3n) is 7.56. The molecular weight excluding hydrogens is 548 g/mol.